The van der Waals surface area contributed by atoms with Crippen LogP contribution < -0.4 is 10.1 Å². The van der Waals surface area contributed by atoms with Crippen LogP contribution in [0.1, 0.15) is 63.9 Å². The van der Waals surface area contributed by atoms with Gasteiger partial charge in [-0.15, -0.1) is 0 Å². The Morgan fingerprint density at radius 1 is 1.05 bits per heavy atom. The van der Waals surface area contributed by atoms with E-state index in [1.807, 2.05) is 0 Å². The molecule has 0 unspecified atom stereocenters. The third-order valence-electron chi connectivity index (χ3n) is 4.37. The molecule has 0 radical (unpaired) electrons. The quantitative estimate of drug-likeness (QED) is 0.664. The van der Waals surface area contributed by atoms with Crippen LogP contribution in [0.15, 0.2) is 24.3 Å². The molecule has 0 bridgehead atoms. The van der Waals surface area contributed by atoms with E-state index >= 15 is 0 Å². The van der Waals surface area contributed by atoms with Crippen molar-refractivity contribution in [2.75, 3.05) is 13.2 Å². The van der Waals surface area contributed by atoms with Gasteiger partial charge in [0.2, 0.25) is 0 Å². The molecule has 1 N–H and O–H groups in total. The maximum Gasteiger partial charge on any atom is 0.119 e. The van der Waals surface area contributed by atoms with Crippen LogP contribution in [0.5, 0.6) is 5.75 Å². The highest BCUT2D eigenvalue weighted by Gasteiger charge is 2.11. The summed E-state index contributed by atoms with van der Waals surface area (Å²) in [7, 11) is 0. The average Bonchev–Trinajstić information content (AvgIpc) is 2.55. The lowest BCUT2D eigenvalue weighted by Gasteiger charge is -2.22. The molecule has 1 aromatic rings. The van der Waals surface area contributed by atoms with Gasteiger partial charge in [-0.1, -0.05) is 44.7 Å². The van der Waals surface area contributed by atoms with E-state index in [1.165, 1.54) is 56.9 Å². The summed E-state index contributed by atoms with van der Waals surface area (Å²) in [6, 6.07) is 9.38. The lowest BCUT2D eigenvalue weighted by Crippen LogP contribution is -2.32. The van der Waals surface area contributed by atoms with Gasteiger partial charge in [-0.2, -0.15) is 0 Å². The SMILES string of the molecule is CCCCc1ccc(OCCCNC2CCCCC2)cc1. The van der Waals surface area contributed by atoms with E-state index in [-0.39, 0.29) is 0 Å². The number of ether oxygens (including phenoxy) is 1. The summed E-state index contributed by atoms with van der Waals surface area (Å²) in [6.45, 7) is 4.13. The predicted molar refractivity (Wildman–Crippen MR) is 90.0 cm³/mol. The average molecular weight is 289 g/mol. The first kappa shape index (κ1) is 16.4. The fourth-order valence-corrected chi connectivity index (χ4v) is 3.01. The van der Waals surface area contributed by atoms with E-state index < -0.39 is 0 Å². The number of aryl methyl sites for hydroxylation is 1. The molecule has 118 valence electrons. The molecule has 21 heavy (non-hydrogen) atoms. The fraction of sp³-hybridized carbons (Fsp3) is 0.684. The van der Waals surface area contributed by atoms with Gasteiger partial charge < -0.3 is 10.1 Å². The van der Waals surface area contributed by atoms with Crippen LogP contribution in [0, 0.1) is 0 Å². The van der Waals surface area contributed by atoms with Gasteiger partial charge in [-0.3, -0.25) is 0 Å². The van der Waals surface area contributed by atoms with E-state index in [1.54, 1.807) is 0 Å². The summed E-state index contributed by atoms with van der Waals surface area (Å²) in [5, 5.41) is 3.66. The summed E-state index contributed by atoms with van der Waals surface area (Å²) in [5.41, 5.74) is 1.42. The smallest absolute Gasteiger partial charge is 0.119 e. The van der Waals surface area contributed by atoms with E-state index in [0.717, 1.165) is 31.4 Å². The highest BCUT2D eigenvalue weighted by molar-refractivity contribution is 5.27. The van der Waals surface area contributed by atoms with Crippen LogP contribution in [0.25, 0.3) is 0 Å². The second kappa shape index (κ2) is 9.83. The molecular formula is C19H31NO. The van der Waals surface area contributed by atoms with Gasteiger partial charge in [-0.25, -0.2) is 0 Å². The summed E-state index contributed by atoms with van der Waals surface area (Å²) >= 11 is 0. The Morgan fingerprint density at radius 3 is 2.52 bits per heavy atom. The van der Waals surface area contributed by atoms with Gasteiger partial charge in [0.25, 0.3) is 0 Å². The molecule has 0 aliphatic heterocycles. The van der Waals surface area contributed by atoms with Crippen LogP contribution >= 0.6 is 0 Å². The normalized spacial score (nSPS) is 16.0. The van der Waals surface area contributed by atoms with E-state index in [2.05, 4.69) is 36.5 Å². The lowest BCUT2D eigenvalue weighted by molar-refractivity contribution is 0.297. The maximum atomic E-state index is 5.81. The summed E-state index contributed by atoms with van der Waals surface area (Å²) < 4.78 is 5.81. The van der Waals surface area contributed by atoms with Gasteiger partial charge in [0.05, 0.1) is 6.61 Å². The summed E-state index contributed by atoms with van der Waals surface area (Å²) in [5.74, 6) is 1.01. The predicted octanol–water partition coefficient (Wildman–Crippen LogP) is 4.72. The summed E-state index contributed by atoms with van der Waals surface area (Å²) in [6.07, 6.45) is 11.8. The first-order chi connectivity index (χ1) is 10.4. The van der Waals surface area contributed by atoms with Crippen molar-refractivity contribution in [1.29, 1.82) is 0 Å². The topological polar surface area (TPSA) is 21.3 Å². The van der Waals surface area contributed by atoms with Gasteiger partial charge in [0, 0.05) is 6.04 Å². The number of nitrogens with one attached hydrogen (secondary N) is 1. The zero-order valence-corrected chi connectivity index (χ0v) is 13.6. The standard InChI is InChI=1S/C19H31NO/c1-2-3-8-17-11-13-19(14-12-17)21-16-7-15-20-18-9-5-4-6-10-18/h11-14,18,20H,2-10,15-16H2,1H3. The number of hydrogen-bond acceptors (Lipinski definition) is 2. The molecule has 1 saturated carbocycles. The maximum absolute atomic E-state index is 5.81. The van der Waals surface area contributed by atoms with E-state index in [0.29, 0.717) is 0 Å². The molecular weight excluding hydrogens is 258 g/mol. The largest absolute Gasteiger partial charge is 0.494 e. The lowest BCUT2D eigenvalue weighted by atomic mass is 9.95. The first-order valence-electron chi connectivity index (χ1n) is 8.83. The zero-order chi connectivity index (χ0) is 14.8. The molecule has 0 heterocycles. The third-order valence-corrected chi connectivity index (χ3v) is 4.37. The molecule has 0 aromatic heterocycles. The van der Waals surface area contributed by atoms with Crippen LogP contribution in [0.2, 0.25) is 0 Å². The van der Waals surface area contributed by atoms with Crippen molar-refractivity contribution in [3.8, 4) is 5.75 Å². The summed E-state index contributed by atoms with van der Waals surface area (Å²) in [4.78, 5) is 0. The molecule has 0 amide bonds. The molecule has 0 atom stereocenters. The molecule has 1 fully saturated rings. The van der Waals surface area contributed by atoms with Crippen molar-refractivity contribution >= 4 is 0 Å². The van der Waals surface area contributed by atoms with E-state index in [4.69, 9.17) is 4.74 Å². The third kappa shape index (κ3) is 6.52. The van der Waals surface area contributed by atoms with Gasteiger partial charge >= 0.3 is 0 Å². The first-order valence-corrected chi connectivity index (χ1v) is 8.83. The minimum Gasteiger partial charge on any atom is -0.494 e. The monoisotopic (exact) mass is 289 g/mol. The van der Waals surface area contributed by atoms with Crippen LogP contribution in [0.3, 0.4) is 0 Å². The minimum absolute atomic E-state index is 0.761. The Labute approximate surface area is 130 Å². The molecule has 1 aliphatic carbocycles. The Kier molecular flexibility index (Phi) is 7.66. The second-order valence-electron chi connectivity index (χ2n) is 6.24. The minimum atomic E-state index is 0.761. The van der Waals surface area contributed by atoms with Gasteiger partial charge in [0.1, 0.15) is 5.75 Å². The molecule has 0 saturated heterocycles. The van der Waals surface area contributed by atoms with Crippen molar-refractivity contribution in [3.63, 3.8) is 0 Å². The molecule has 2 heteroatoms. The number of hydrogen-bond donors (Lipinski definition) is 1. The Bertz CT molecular complexity index is 368. The van der Waals surface area contributed by atoms with Crippen molar-refractivity contribution in [2.24, 2.45) is 0 Å². The zero-order valence-electron chi connectivity index (χ0n) is 13.6. The Hall–Kier alpha value is -1.02. The van der Waals surface area contributed by atoms with Gasteiger partial charge in [0.15, 0.2) is 0 Å². The molecule has 0 spiro atoms. The molecule has 2 nitrogen and oxygen atoms in total. The number of benzene rings is 1. The Balaban J connectivity index is 1.55. The number of rotatable bonds is 9. The van der Waals surface area contributed by atoms with E-state index in [9.17, 15) is 0 Å². The van der Waals surface area contributed by atoms with Crippen molar-refractivity contribution < 1.29 is 4.74 Å². The van der Waals surface area contributed by atoms with Crippen LogP contribution in [0.4, 0.5) is 0 Å². The highest BCUT2D eigenvalue weighted by Crippen LogP contribution is 2.17. The van der Waals surface area contributed by atoms with Crippen LogP contribution in [-0.4, -0.2) is 19.2 Å². The van der Waals surface area contributed by atoms with Crippen molar-refractivity contribution in [3.05, 3.63) is 29.8 Å². The fourth-order valence-electron chi connectivity index (χ4n) is 3.01. The molecule has 1 aromatic carbocycles. The Morgan fingerprint density at radius 2 is 1.81 bits per heavy atom. The second-order valence-corrected chi connectivity index (χ2v) is 6.24. The van der Waals surface area contributed by atoms with Crippen molar-refractivity contribution in [2.45, 2.75) is 70.8 Å². The van der Waals surface area contributed by atoms with Crippen LogP contribution in [-0.2, 0) is 6.42 Å². The highest BCUT2D eigenvalue weighted by atomic mass is 16.5. The number of unbranched alkanes of at least 4 members (excludes halogenated alkanes) is 1. The molecule has 1 aliphatic rings. The van der Waals surface area contributed by atoms with Gasteiger partial charge in [-0.05, 0) is 56.3 Å². The van der Waals surface area contributed by atoms with Crippen molar-refractivity contribution in [1.82, 2.24) is 5.32 Å². The molecule has 2 rings (SSSR count).